The molecule has 2 aliphatic heterocycles. The minimum Gasteiger partial charge on any atom is -0.480 e. The number of nitrogens with one attached hydrogen (secondary N) is 4. The van der Waals surface area contributed by atoms with Gasteiger partial charge in [-0.25, -0.2) is 17.9 Å². The molecule has 1 saturated heterocycles. The number of anilines is 1. The zero-order valence-corrected chi connectivity index (χ0v) is 21.8. The highest BCUT2D eigenvalue weighted by Crippen LogP contribution is 2.31. The highest BCUT2D eigenvalue weighted by molar-refractivity contribution is 7.89. The minimum absolute atomic E-state index is 0.147. The number of carboxylic acids is 1. The Morgan fingerprint density at radius 2 is 1.94 bits per heavy atom. The van der Waals surface area contributed by atoms with Crippen molar-refractivity contribution in [1.82, 2.24) is 14.9 Å². The quantitative estimate of drug-likeness (QED) is 0.178. The van der Waals surface area contributed by atoms with E-state index in [9.17, 15) is 18.0 Å². The van der Waals surface area contributed by atoms with Crippen molar-refractivity contribution in [3.8, 4) is 0 Å². The predicted octanol–water partition coefficient (Wildman–Crippen LogP) is 1.06. The molecule has 3 atom stereocenters. The van der Waals surface area contributed by atoms with Gasteiger partial charge in [-0.1, -0.05) is 26.0 Å². The van der Waals surface area contributed by atoms with E-state index in [4.69, 9.17) is 10.5 Å². The molecule has 0 spiro atoms. The molecule has 12 heteroatoms. The number of benzene rings is 1. The van der Waals surface area contributed by atoms with Crippen LogP contribution in [0.25, 0.3) is 0 Å². The van der Waals surface area contributed by atoms with E-state index >= 15 is 0 Å². The van der Waals surface area contributed by atoms with Crippen molar-refractivity contribution in [2.45, 2.75) is 51.0 Å². The van der Waals surface area contributed by atoms with Gasteiger partial charge < -0.3 is 26.4 Å². The second-order valence-electron chi connectivity index (χ2n) is 8.87. The monoisotopic (exact) mass is 512 g/mol. The third-order valence-electron chi connectivity index (χ3n) is 5.69. The summed E-state index contributed by atoms with van der Waals surface area (Å²) in [7, 11) is -1.59. The predicted molar refractivity (Wildman–Crippen MR) is 137 cm³/mol. The summed E-state index contributed by atoms with van der Waals surface area (Å²) < 4.78 is 27.4. The number of hydrogen-bond donors (Lipinski definition) is 6. The fourth-order valence-electron chi connectivity index (χ4n) is 4.07. The largest absolute Gasteiger partial charge is 0.480 e. The van der Waals surface area contributed by atoms with Crippen LogP contribution in [0.3, 0.4) is 0 Å². The van der Waals surface area contributed by atoms with Gasteiger partial charge in [0.05, 0.1) is 12.0 Å². The van der Waals surface area contributed by atoms with Crippen molar-refractivity contribution in [1.29, 1.82) is 5.41 Å². The van der Waals surface area contributed by atoms with Crippen molar-refractivity contribution in [3.63, 3.8) is 0 Å². The van der Waals surface area contributed by atoms with Gasteiger partial charge in [-0.15, -0.1) is 0 Å². The standard InChI is InChI=1S/C14H23N3O2S.C8H13NO3.CH4N2/c1-11-9-12-5-3-6-13(14(12)16-10-11)20(18,19)17-8-4-7-15-2;1-5-3-7(8(11)12)9(4-5)6(2)10;2-1-3/h3,5-6,11,15-17H,4,7-10H2,1-2H3;5,7H,3-4H2,1-2H3,(H,11,12);1H,(H3,2,3). The zero-order chi connectivity index (χ0) is 26.6. The van der Waals surface area contributed by atoms with Crippen molar-refractivity contribution in [2.24, 2.45) is 17.6 Å². The summed E-state index contributed by atoms with van der Waals surface area (Å²) in [6, 6.07) is 4.89. The summed E-state index contributed by atoms with van der Waals surface area (Å²) in [5, 5.41) is 20.9. The Labute approximate surface area is 208 Å². The molecule has 3 unspecified atom stereocenters. The third kappa shape index (κ3) is 9.46. The molecular formula is C23H40N6O5S. The summed E-state index contributed by atoms with van der Waals surface area (Å²) in [6.45, 7) is 8.17. The fraction of sp³-hybridized carbons (Fsp3) is 0.609. The van der Waals surface area contributed by atoms with Gasteiger partial charge in [-0.2, -0.15) is 0 Å². The maximum atomic E-state index is 12.4. The van der Waals surface area contributed by atoms with Gasteiger partial charge >= 0.3 is 5.97 Å². The fourth-order valence-corrected chi connectivity index (χ4v) is 5.37. The Kier molecular flexibility index (Phi) is 12.7. The summed E-state index contributed by atoms with van der Waals surface area (Å²) in [6.07, 6.45) is 3.02. The SMILES string of the molecule is CC(=O)N1CC(C)CC1C(=O)O.CNCCCNS(=O)(=O)c1cccc2c1NCC(C)C2.N=CN. The van der Waals surface area contributed by atoms with E-state index in [-0.39, 0.29) is 5.91 Å². The van der Waals surface area contributed by atoms with Crippen LogP contribution in [-0.4, -0.2) is 75.9 Å². The maximum Gasteiger partial charge on any atom is 0.326 e. The number of rotatable bonds is 7. The molecule has 11 nitrogen and oxygen atoms in total. The number of amides is 1. The topological polar surface area (TPSA) is 178 Å². The third-order valence-corrected chi connectivity index (χ3v) is 7.20. The second-order valence-corrected chi connectivity index (χ2v) is 10.6. The molecule has 35 heavy (non-hydrogen) atoms. The number of nitrogens with two attached hydrogens (primary N) is 1. The average Bonchev–Trinajstić information content (AvgIpc) is 3.20. The van der Waals surface area contributed by atoms with Gasteiger partial charge in [0, 0.05) is 26.6 Å². The van der Waals surface area contributed by atoms with E-state index in [0.717, 1.165) is 43.5 Å². The number of nitrogens with zero attached hydrogens (tertiary/aromatic N) is 1. The summed E-state index contributed by atoms with van der Waals surface area (Å²) in [5.74, 6) is -0.208. The first kappa shape index (κ1) is 30.3. The van der Waals surface area contributed by atoms with Crippen LogP contribution < -0.4 is 21.1 Å². The van der Waals surface area contributed by atoms with E-state index in [1.54, 1.807) is 6.07 Å². The molecule has 2 aliphatic rings. The molecule has 1 aromatic rings. The number of sulfonamides is 1. The lowest BCUT2D eigenvalue weighted by Gasteiger charge is -2.25. The molecule has 0 saturated carbocycles. The molecule has 198 valence electrons. The number of likely N-dealkylation sites (tertiary alicyclic amines) is 1. The molecule has 1 amide bonds. The van der Waals surface area contributed by atoms with E-state index in [2.05, 4.69) is 28.0 Å². The van der Waals surface area contributed by atoms with Crippen molar-refractivity contribution < 1.29 is 23.1 Å². The first-order chi connectivity index (χ1) is 16.5. The molecule has 0 aliphatic carbocycles. The van der Waals surface area contributed by atoms with E-state index in [1.165, 1.54) is 11.8 Å². The number of para-hydroxylation sites is 1. The molecule has 3 rings (SSSR count). The Balaban J connectivity index is 0.000000347. The van der Waals surface area contributed by atoms with Crippen molar-refractivity contribution >= 4 is 33.9 Å². The van der Waals surface area contributed by atoms with Gasteiger partial charge in [0.25, 0.3) is 0 Å². The molecule has 1 aromatic carbocycles. The number of carbonyl (C=O) groups excluding carboxylic acids is 1. The summed E-state index contributed by atoms with van der Waals surface area (Å²) >= 11 is 0. The zero-order valence-electron chi connectivity index (χ0n) is 21.0. The molecule has 7 N–H and O–H groups in total. The smallest absolute Gasteiger partial charge is 0.326 e. The molecule has 0 bridgehead atoms. The molecule has 1 fully saturated rings. The molecule has 0 radical (unpaired) electrons. The van der Waals surface area contributed by atoms with Crippen LogP contribution in [0.15, 0.2) is 23.1 Å². The first-order valence-corrected chi connectivity index (χ1v) is 13.2. The van der Waals surface area contributed by atoms with Gasteiger partial charge in [0.2, 0.25) is 15.9 Å². The lowest BCUT2D eigenvalue weighted by Crippen LogP contribution is -2.39. The lowest BCUT2D eigenvalue weighted by molar-refractivity contribution is -0.147. The van der Waals surface area contributed by atoms with Crippen molar-refractivity contribution in [2.75, 3.05) is 38.5 Å². The number of carboxylic acid groups (broad SMARTS) is 1. The number of fused-ring (bicyclic) bond motifs is 1. The van der Waals surface area contributed by atoms with Gasteiger partial charge in [-0.05, 0) is 56.3 Å². The highest BCUT2D eigenvalue weighted by atomic mass is 32.2. The lowest BCUT2D eigenvalue weighted by atomic mass is 9.96. The first-order valence-electron chi connectivity index (χ1n) is 11.7. The van der Waals surface area contributed by atoms with Gasteiger partial charge in [0.15, 0.2) is 0 Å². The van der Waals surface area contributed by atoms with Gasteiger partial charge in [-0.3, -0.25) is 10.2 Å². The van der Waals surface area contributed by atoms with E-state index < -0.39 is 22.0 Å². The Hall–Kier alpha value is -2.70. The number of aliphatic carboxylic acids is 1. The second kappa shape index (κ2) is 14.6. The van der Waals surface area contributed by atoms with Crippen LogP contribution >= 0.6 is 0 Å². The van der Waals surface area contributed by atoms with Gasteiger partial charge in [0.1, 0.15) is 10.9 Å². The number of carbonyl (C=O) groups is 2. The van der Waals surface area contributed by atoms with E-state index in [1.807, 2.05) is 26.1 Å². The minimum atomic E-state index is -3.44. The van der Waals surface area contributed by atoms with Crippen LogP contribution in [0.5, 0.6) is 0 Å². The molecule has 2 heterocycles. The Morgan fingerprint density at radius 3 is 2.49 bits per heavy atom. The van der Waals surface area contributed by atoms with Crippen LogP contribution in [0.2, 0.25) is 0 Å². The van der Waals surface area contributed by atoms with Crippen LogP contribution in [0.1, 0.15) is 39.2 Å². The van der Waals surface area contributed by atoms with Crippen molar-refractivity contribution in [3.05, 3.63) is 23.8 Å². The van der Waals surface area contributed by atoms with E-state index in [0.29, 0.717) is 36.2 Å². The highest BCUT2D eigenvalue weighted by Gasteiger charge is 2.36. The summed E-state index contributed by atoms with van der Waals surface area (Å²) in [4.78, 5) is 23.4. The Bertz CT molecular complexity index is 934. The average molecular weight is 513 g/mol. The maximum absolute atomic E-state index is 12.4. The van der Waals surface area contributed by atoms with Crippen LogP contribution in [0, 0.1) is 17.2 Å². The van der Waals surface area contributed by atoms with Crippen LogP contribution in [0.4, 0.5) is 5.69 Å². The summed E-state index contributed by atoms with van der Waals surface area (Å²) in [5.41, 5.74) is 6.24. The van der Waals surface area contributed by atoms with Crippen LogP contribution in [-0.2, 0) is 26.0 Å². The normalized spacial score (nSPS) is 20.8. The molecular weight excluding hydrogens is 472 g/mol. The number of hydrogen-bond acceptors (Lipinski definition) is 7. The Morgan fingerprint density at radius 1 is 1.29 bits per heavy atom. The molecule has 0 aromatic heterocycles.